The van der Waals surface area contributed by atoms with Crippen LogP contribution in [0.2, 0.25) is 5.02 Å². The van der Waals surface area contributed by atoms with Gasteiger partial charge in [0, 0.05) is 22.7 Å². The van der Waals surface area contributed by atoms with Crippen molar-refractivity contribution >= 4 is 22.9 Å². The third-order valence-electron chi connectivity index (χ3n) is 6.89. The van der Waals surface area contributed by atoms with E-state index in [1.54, 1.807) is 11.3 Å². The fraction of sp³-hybridized carbons (Fsp3) is 0.480. The average molecular weight is 468 g/mol. The Labute approximate surface area is 199 Å². The molecule has 5 rings (SSSR count). The first-order valence-electron chi connectivity index (χ1n) is 11.6. The standard InChI is InChI=1S/C25H30ClN5S/c1-31-14-9-17(10-15-31)23-30-21(18-6-5-7-19(26)16-18)22(32-23)20-8-13-28-24(29-20)25(27)11-3-2-4-12-25/h5-8,13,16-17H,2-4,9-12,14-15,27H2,1H3. The van der Waals surface area contributed by atoms with Crippen LogP contribution in [-0.4, -0.2) is 40.0 Å². The summed E-state index contributed by atoms with van der Waals surface area (Å²) >= 11 is 8.11. The van der Waals surface area contributed by atoms with Gasteiger partial charge in [-0.05, 0) is 64.0 Å². The van der Waals surface area contributed by atoms with Gasteiger partial charge in [-0.3, -0.25) is 0 Å². The molecule has 1 aliphatic carbocycles. The first kappa shape index (κ1) is 22.0. The molecule has 0 spiro atoms. The molecule has 7 heteroatoms. The number of hydrogen-bond acceptors (Lipinski definition) is 6. The molecule has 3 heterocycles. The van der Waals surface area contributed by atoms with Crippen LogP contribution < -0.4 is 5.73 Å². The highest BCUT2D eigenvalue weighted by Crippen LogP contribution is 2.42. The number of halogens is 1. The van der Waals surface area contributed by atoms with E-state index in [2.05, 4.69) is 23.0 Å². The highest BCUT2D eigenvalue weighted by Gasteiger charge is 2.33. The van der Waals surface area contributed by atoms with Gasteiger partial charge >= 0.3 is 0 Å². The van der Waals surface area contributed by atoms with Gasteiger partial charge in [-0.2, -0.15) is 0 Å². The van der Waals surface area contributed by atoms with Crippen LogP contribution in [0.15, 0.2) is 36.5 Å². The molecule has 0 unspecified atom stereocenters. The van der Waals surface area contributed by atoms with E-state index >= 15 is 0 Å². The number of thiazole rings is 1. The number of nitrogens with zero attached hydrogens (tertiary/aromatic N) is 4. The van der Waals surface area contributed by atoms with E-state index in [4.69, 9.17) is 27.3 Å². The first-order chi connectivity index (χ1) is 15.5. The summed E-state index contributed by atoms with van der Waals surface area (Å²) in [4.78, 5) is 18.3. The Morgan fingerprint density at radius 1 is 1.09 bits per heavy atom. The van der Waals surface area contributed by atoms with E-state index in [-0.39, 0.29) is 0 Å². The Balaban J connectivity index is 1.57. The summed E-state index contributed by atoms with van der Waals surface area (Å²) in [6, 6.07) is 9.95. The predicted molar refractivity (Wildman–Crippen MR) is 132 cm³/mol. The van der Waals surface area contributed by atoms with Gasteiger partial charge in [0.25, 0.3) is 0 Å². The van der Waals surface area contributed by atoms with E-state index in [9.17, 15) is 0 Å². The van der Waals surface area contributed by atoms with Gasteiger partial charge in [-0.25, -0.2) is 15.0 Å². The monoisotopic (exact) mass is 467 g/mol. The third kappa shape index (κ3) is 4.46. The van der Waals surface area contributed by atoms with Crippen molar-refractivity contribution in [3.63, 3.8) is 0 Å². The summed E-state index contributed by atoms with van der Waals surface area (Å²) in [5, 5.41) is 1.91. The van der Waals surface area contributed by atoms with Gasteiger partial charge in [-0.15, -0.1) is 11.3 Å². The van der Waals surface area contributed by atoms with Crippen molar-refractivity contribution in [2.24, 2.45) is 5.73 Å². The molecule has 1 saturated heterocycles. The summed E-state index contributed by atoms with van der Waals surface area (Å²) in [5.74, 6) is 1.25. The Kier molecular flexibility index (Phi) is 6.30. The molecule has 3 aromatic rings. The zero-order valence-electron chi connectivity index (χ0n) is 18.6. The van der Waals surface area contributed by atoms with Gasteiger partial charge < -0.3 is 10.6 Å². The molecule has 0 radical (unpaired) electrons. The van der Waals surface area contributed by atoms with Crippen molar-refractivity contribution in [2.75, 3.05) is 20.1 Å². The Morgan fingerprint density at radius 2 is 1.88 bits per heavy atom. The number of piperidine rings is 1. The van der Waals surface area contributed by atoms with Gasteiger partial charge in [0.15, 0.2) is 0 Å². The van der Waals surface area contributed by atoms with Crippen molar-refractivity contribution in [2.45, 2.75) is 56.4 Å². The van der Waals surface area contributed by atoms with Crippen molar-refractivity contribution in [1.29, 1.82) is 0 Å². The minimum Gasteiger partial charge on any atom is -0.319 e. The molecular weight excluding hydrogens is 438 g/mol. The van der Waals surface area contributed by atoms with Crippen LogP contribution >= 0.6 is 22.9 Å². The van der Waals surface area contributed by atoms with E-state index in [0.29, 0.717) is 10.9 Å². The highest BCUT2D eigenvalue weighted by atomic mass is 35.5. The molecule has 1 aromatic carbocycles. The Morgan fingerprint density at radius 3 is 2.62 bits per heavy atom. The lowest BCUT2D eigenvalue weighted by Crippen LogP contribution is -2.40. The molecule has 2 N–H and O–H groups in total. The largest absolute Gasteiger partial charge is 0.319 e. The van der Waals surface area contributed by atoms with Gasteiger partial charge in [-0.1, -0.05) is 43.0 Å². The molecule has 1 saturated carbocycles. The van der Waals surface area contributed by atoms with Gasteiger partial charge in [0.2, 0.25) is 0 Å². The number of hydrogen-bond donors (Lipinski definition) is 1. The number of benzene rings is 1. The molecule has 2 fully saturated rings. The minimum absolute atomic E-state index is 0.425. The lowest BCUT2D eigenvalue weighted by Gasteiger charge is -2.31. The highest BCUT2D eigenvalue weighted by molar-refractivity contribution is 7.15. The summed E-state index contributed by atoms with van der Waals surface area (Å²) in [6.45, 7) is 2.22. The van der Waals surface area contributed by atoms with Gasteiger partial charge in [0.1, 0.15) is 5.82 Å². The van der Waals surface area contributed by atoms with Crippen LogP contribution in [0.5, 0.6) is 0 Å². The maximum atomic E-state index is 6.77. The second-order valence-corrected chi connectivity index (χ2v) is 10.8. The Bertz CT molecular complexity index is 1080. The number of nitrogens with two attached hydrogens (primary N) is 1. The molecule has 1 aliphatic heterocycles. The van der Waals surface area contributed by atoms with Crippen molar-refractivity contribution < 1.29 is 0 Å². The molecule has 32 heavy (non-hydrogen) atoms. The molecular formula is C25H30ClN5S. The van der Waals surface area contributed by atoms with Crippen LogP contribution in [0.25, 0.3) is 21.8 Å². The van der Waals surface area contributed by atoms with Crippen molar-refractivity contribution in [3.05, 3.63) is 52.4 Å². The molecule has 0 amide bonds. The lowest BCUT2D eigenvalue weighted by atomic mass is 9.82. The fourth-order valence-corrected chi connectivity index (χ4v) is 6.32. The smallest absolute Gasteiger partial charge is 0.148 e. The number of aromatic nitrogens is 3. The quantitative estimate of drug-likeness (QED) is 0.521. The van der Waals surface area contributed by atoms with Crippen LogP contribution in [0, 0.1) is 0 Å². The van der Waals surface area contributed by atoms with Crippen LogP contribution in [-0.2, 0) is 5.54 Å². The van der Waals surface area contributed by atoms with E-state index in [1.807, 2.05) is 30.5 Å². The zero-order valence-corrected chi connectivity index (χ0v) is 20.1. The predicted octanol–water partition coefficient (Wildman–Crippen LogP) is 5.85. The van der Waals surface area contributed by atoms with E-state index < -0.39 is 5.54 Å². The van der Waals surface area contributed by atoms with Gasteiger partial charge in [0.05, 0.1) is 26.8 Å². The van der Waals surface area contributed by atoms with Crippen LogP contribution in [0.4, 0.5) is 0 Å². The normalized spacial score (nSPS) is 19.8. The van der Waals surface area contributed by atoms with E-state index in [1.165, 1.54) is 11.4 Å². The molecule has 2 aliphatic rings. The maximum absolute atomic E-state index is 6.77. The molecule has 2 aromatic heterocycles. The zero-order chi connectivity index (χ0) is 22.1. The average Bonchev–Trinajstić information content (AvgIpc) is 3.26. The summed E-state index contributed by atoms with van der Waals surface area (Å²) < 4.78 is 0. The summed E-state index contributed by atoms with van der Waals surface area (Å²) in [5.41, 5.74) is 9.26. The minimum atomic E-state index is -0.425. The van der Waals surface area contributed by atoms with E-state index in [0.717, 1.165) is 79.3 Å². The van der Waals surface area contributed by atoms with Crippen molar-refractivity contribution in [1.82, 2.24) is 19.9 Å². The fourth-order valence-electron chi connectivity index (χ4n) is 4.90. The summed E-state index contributed by atoms with van der Waals surface area (Å²) in [7, 11) is 2.19. The molecule has 168 valence electrons. The number of rotatable bonds is 4. The second kappa shape index (κ2) is 9.18. The second-order valence-electron chi connectivity index (χ2n) is 9.30. The summed E-state index contributed by atoms with van der Waals surface area (Å²) in [6.07, 6.45) is 9.54. The number of likely N-dealkylation sites (tertiary alicyclic amines) is 1. The van der Waals surface area contributed by atoms with Crippen LogP contribution in [0.3, 0.4) is 0 Å². The SMILES string of the molecule is CN1CCC(c2nc(-c3cccc(Cl)c3)c(-c3ccnc(C4(N)CCCCC4)n3)s2)CC1. The molecule has 0 atom stereocenters. The molecule has 0 bridgehead atoms. The first-order valence-corrected chi connectivity index (χ1v) is 12.8. The van der Waals surface area contributed by atoms with Crippen LogP contribution in [0.1, 0.15) is 61.7 Å². The third-order valence-corrected chi connectivity index (χ3v) is 8.36. The lowest BCUT2D eigenvalue weighted by molar-refractivity contribution is 0.255. The Hall–Kier alpha value is -1.86. The molecule has 5 nitrogen and oxygen atoms in total. The van der Waals surface area contributed by atoms with Crippen molar-refractivity contribution in [3.8, 4) is 21.8 Å². The topological polar surface area (TPSA) is 67.9 Å². The maximum Gasteiger partial charge on any atom is 0.148 e.